The minimum absolute atomic E-state index is 0.295. The molecule has 0 radical (unpaired) electrons. The molecule has 0 aromatic carbocycles. The van der Waals surface area contributed by atoms with E-state index in [0.717, 1.165) is 0 Å². The van der Waals surface area contributed by atoms with Gasteiger partial charge in [0.15, 0.2) is 0 Å². The molecule has 1 saturated carbocycles. The minimum atomic E-state index is -2.25. The summed E-state index contributed by atoms with van der Waals surface area (Å²) in [6, 6.07) is 0. The van der Waals surface area contributed by atoms with Crippen LogP contribution < -0.4 is 5.73 Å². The molecule has 0 aromatic heterocycles. The predicted molar refractivity (Wildman–Crippen MR) is 73.9 cm³/mol. The van der Waals surface area contributed by atoms with Crippen LogP contribution in [0.2, 0.25) is 0 Å². The molecule has 3 nitrogen and oxygen atoms in total. The Hall–Kier alpha value is 0.150. The number of hydrogen-bond acceptors (Lipinski definition) is 3. The molecule has 1 rings (SSSR count). The summed E-state index contributed by atoms with van der Waals surface area (Å²) < 4.78 is 12.4. The van der Waals surface area contributed by atoms with Crippen molar-refractivity contribution >= 4 is 7.14 Å². The Bertz CT molecular complexity index is 265. The fourth-order valence-corrected chi connectivity index (χ4v) is 4.92. The molecule has 0 bridgehead atoms. The van der Waals surface area contributed by atoms with Crippen LogP contribution >= 0.6 is 7.14 Å². The first-order valence-corrected chi connectivity index (χ1v) is 9.25. The SMILES string of the molecule is CCP(=O)(CC)C[C@@](N)(O)CC1CCCCC1. The molecular weight excluding hydrogens is 233 g/mol. The van der Waals surface area contributed by atoms with Gasteiger partial charge in [0.1, 0.15) is 5.72 Å². The molecule has 0 saturated heterocycles. The summed E-state index contributed by atoms with van der Waals surface area (Å²) in [6.07, 6.45) is 8.35. The number of nitrogens with two attached hydrogens (primary N) is 1. The highest BCUT2D eigenvalue weighted by atomic mass is 31.2. The van der Waals surface area contributed by atoms with E-state index in [4.69, 9.17) is 5.73 Å². The van der Waals surface area contributed by atoms with Gasteiger partial charge in [0.25, 0.3) is 0 Å². The van der Waals surface area contributed by atoms with Crippen LogP contribution in [0.1, 0.15) is 52.4 Å². The topological polar surface area (TPSA) is 63.3 Å². The lowest BCUT2D eigenvalue weighted by atomic mass is 9.84. The van der Waals surface area contributed by atoms with Crippen molar-refractivity contribution in [2.75, 3.05) is 18.5 Å². The molecule has 1 atom stereocenters. The summed E-state index contributed by atoms with van der Waals surface area (Å²) in [5.74, 6) is 0.529. The van der Waals surface area contributed by atoms with E-state index in [0.29, 0.717) is 30.8 Å². The Morgan fingerprint density at radius 3 is 2.24 bits per heavy atom. The second-order valence-electron chi connectivity index (χ2n) is 5.66. The highest BCUT2D eigenvalue weighted by Crippen LogP contribution is 2.47. The lowest BCUT2D eigenvalue weighted by Gasteiger charge is -2.32. The van der Waals surface area contributed by atoms with Gasteiger partial charge in [-0.05, 0) is 24.7 Å². The first-order valence-electron chi connectivity index (χ1n) is 6.99. The first kappa shape index (κ1) is 15.2. The molecule has 3 N–H and O–H groups in total. The van der Waals surface area contributed by atoms with Crippen LogP contribution in [0, 0.1) is 5.92 Å². The van der Waals surface area contributed by atoms with E-state index in [9.17, 15) is 9.67 Å². The van der Waals surface area contributed by atoms with Crippen molar-refractivity contribution in [2.24, 2.45) is 11.7 Å². The van der Waals surface area contributed by atoms with Gasteiger partial charge < -0.3 is 15.4 Å². The average molecular weight is 261 g/mol. The van der Waals surface area contributed by atoms with Gasteiger partial charge in [-0.2, -0.15) is 0 Å². The highest BCUT2D eigenvalue weighted by molar-refractivity contribution is 7.63. The van der Waals surface area contributed by atoms with E-state index in [-0.39, 0.29) is 0 Å². The van der Waals surface area contributed by atoms with E-state index >= 15 is 0 Å². The number of rotatable bonds is 6. The first-order chi connectivity index (χ1) is 7.91. The van der Waals surface area contributed by atoms with E-state index in [1.807, 2.05) is 13.8 Å². The van der Waals surface area contributed by atoms with Crippen LogP contribution in [0.3, 0.4) is 0 Å². The van der Waals surface area contributed by atoms with Crippen molar-refractivity contribution in [3.05, 3.63) is 0 Å². The monoisotopic (exact) mass is 261 g/mol. The normalized spacial score (nSPS) is 22.4. The van der Waals surface area contributed by atoms with Gasteiger partial charge in [-0.25, -0.2) is 0 Å². The quantitative estimate of drug-likeness (QED) is 0.570. The maximum Gasteiger partial charge on any atom is 0.120 e. The summed E-state index contributed by atoms with van der Waals surface area (Å²) in [5, 5.41) is 10.3. The zero-order chi connectivity index (χ0) is 12.9. The van der Waals surface area contributed by atoms with Gasteiger partial charge in [0, 0.05) is 6.16 Å². The van der Waals surface area contributed by atoms with Crippen LogP contribution in [-0.2, 0) is 4.57 Å². The Kier molecular flexibility index (Phi) is 5.69. The Morgan fingerprint density at radius 1 is 1.24 bits per heavy atom. The molecule has 0 aromatic rings. The van der Waals surface area contributed by atoms with Crippen molar-refractivity contribution in [1.82, 2.24) is 0 Å². The third-order valence-corrected chi connectivity index (χ3v) is 7.51. The van der Waals surface area contributed by atoms with E-state index in [1.165, 1.54) is 32.1 Å². The van der Waals surface area contributed by atoms with Crippen molar-refractivity contribution in [3.8, 4) is 0 Å². The van der Waals surface area contributed by atoms with Crippen LogP contribution in [0.25, 0.3) is 0 Å². The molecule has 1 fully saturated rings. The largest absolute Gasteiger partial charge is 0.376 e. The summed E-state index contributed by atoms with van der Waals surface area (Å²) in [4.78, 5) is 0. The van der Waals surface area contributed by atoms with Gasteiger partial charge >= 0.3 is 0 Å². The fourth-order valence-electron chi connectivity index (χ4n) is 2.90. The van der Waals surface area contributed by atoms with Gasteiger partial charge in [0.2, 0.25) is 0 Å². The Morgan fingerprint density at radius 2 is 1.76 bits per heavy atom. The van der Waals surface area contributed by atoms with Crippen molar-refractivity contribution in [3.63, 3.8) is 0 Å². The minimum Gasteiger partial charge on any atom is -0.376 e. The fraction of sp³-hybridized carbons (Fsp3) is 1.00. The van der Waals surface area contributed by atoms with Crippen LogP contribution in [0.15, 0.2) is 0 Å². The zero-order valence-corrected chi connectivity index (χ0v) is 12.2. The van der Waals surface area contributed by atoms with Crippen molar-refractivity contribution in [2.45, 2.75) is 58.1 Å². The molecular formula is C13H28NO2P. The van der Waals surface area contributed by atoms with Crippen LogP contribution in [-0.4, -0.2) is 29.3 Å². The third-order valence-electron chi connectivity index (χ3n) is 4.08. The molecule has 1 aliphatic rings. The number of hydrogen-bond donors (Lipinski definition) is 2. The average Bonchev–Trinajstić information content (AvgIpc) is 2.29. The summed E-state index contributed by atoms with van der Waals surface area (Å²) in [5.41, 5.74) is 4.75. The van der Waals surface area contributed by atoms with Crippen LogP contribution in [0.5, 0.6) is 0 Å². The third kappa shape index (κ3) is 5.11. The van der Waals surface area contributed by atoms with Crippen molar-refractivity contribution < 1.29 is 9.67 Å². The molecule has 17 heavy (non-hydrogen) atoms. The smallest absolute Gasteiger partial charge is 0.120 e. The van der Waals surface area contributed by atoms with Gasteiger partial charge in [-0.3, -0.25) is 0 Å². The number of aliphatic hydroxyl groups is 1. The molecule has 0 unspecified atom stereocenters. The maximum atomic E-state index is 12.4. The predicted octanol–water partition coefficient (Wildman–Crippen LogP) is 3.01. The van der Waals surface area contributed by atoms with E-state index < -0.39 is 12.9 Å². The molecule has 4 heteroatoms. The molecule has 0 amide bonds. The molecule has 1 aliphatic carbocycles. The van der Waals surface area contributed by atoms with Crippen LogP contribution in [0.4, 0.5) is 0 Å². The second-order valence-corrected chi connectivity index (χ2v) is 9.36. The highest BCUT2D eigenvalue weighted by Gasteiger charge is 2.33. The lowest BCUT2D eigenvalue weighted by Crippen LogP contribution is -2.45. The van der Waals surface area contributed by atoms with Gasteiger partial charge in [-0.1, -0.05) is 46.0 Å². The van der Waals surface area contributed by atoms with Gasteiger partial charge in [-0.15, -0.1) is 0 Å². The standard InChI is InChI=1S/C13H28NO2P/c1-3-17(16,4-2)11-13(14,15)10-12-8-6-5-7-9-12/h12,15H,3-11,14H2,1-2H3/t13-/m0/s1. The summed E-state index contributed by atoms with van der Waals surface area (Å²) in [7, 11) is -2.25. The molecule has 0 heterocycles. The second kappa shape index (κ2) is 6.36. The molecule has 102 valence electrons. The Labute approximate surface area is 106 Å². The molecule has 0 spiro atoms. The lowest BCUT2D eigenvalue weighted by molar-refractivity contribution is 0.0365. The summed E-state index contributed by atoms with van der Waals surface area (Å²) in [6.45, 7) is 3.86. The van der Waals surface area contributed by atoms with Gasteiger partial charge in [0.05, 0.1) is 7.14 Å². The van der Waals surface area contributed by atoms with E-state index in [2.05, 4.69) is 0 Å². The van der Waals surface area contributed by atoms with Crippen molar-refractivity contribution in [1.29, 1.82) is 0 Å². The maximum absolute atomic E-state index is 12.4. The van der Waals surface area contributed by atoms with E-state index in [1.54, 1.807) is 0 Å². The summed E-state index contributed by atoms with van der Waals surface area (Å²) >= 11 is 0. The molecule has 0 aliphatic heterocycles. The Balaban J connectivity index is 2.52. The zero-order valence-electron chi connectivity index (χ0n) is 11.3.